The summed E-state index contributed by atoms with van der Waals surface area (Å²) < 4.78 is 50.3. The lowest BCUT2D eigenvalue weighted by atomic mass is 10.1. The Morgan fingerprint density at radius 2 is 1.71 bits per heavy atom. The highest BCUT2D eigenvalue weighted by Crippen LogP contribution is 2.31. The van der Waals surface area contributed by atoms with Crippen molar-refractivity contribution in [2.75, 3.05) is 14.2 Å². The lowest BCUT2D eigenvalue weighted by molar-refractivity contribution is -0.137. The molecule has 2 aromatic carbocycles. The van der Waals surface area contributed by atoms with E-state index in [2.05, 4.69) is 5.10 Å². The summed E-state index contributed by atoms with van der Waals surface area (Å²) in [4.78, 5) is 12.1. The topological polar surface area (TPSA) is 53.4 Å². The predicted molar refractivity (Wildman–Crippen MR) is 97.6 cm³/mol. The molecule has 5 nitrogen and oxygen atoms in total. The van der Waals surface area contributed by atoms with Crippen LogP contribution in [-0.2, 0) is 12.7 Å². The second-order valence-corrected chi connectivity index (χ2v) is 5.98. The van der Waals surface area contributed by atoms with Crippen LogP contribution in [0.2, 0.25) is 0 Å². The Labute approximate surface area is 159 Å². The first-order chi connectivity index (χ1) is 13.3. The first-order valence-electron chi connectivity index (χ1n) is 8.28. The predicted octanol–water partition coefficient (Wildman–Crippen LogP) is 3.99. The highest BCUT2D eigenvalue weighted by Gasteiger charge is 2.30. The van der Waals surface area contributed by atoms with Crippen LogP contribution in [0.15, 0.2) is 59.4 Å². The van der Waals surface area contributed by atoms with E-state index in [0.29, 0.717) is 28.3 Å². The molecular weight excluding hydrogens is 373 g/mol. The number of methoxy groups -OCH3 is 2. The molecule has 0 aliphatic heterocycles. The van der Waals surface area contributed by atoms with Crippen molar-refractivity contribution in [2.45, 2.75) is 12.7 Å². The summed E-state index contributed by atoms with van der Waals surface area (Å²) in [5, 5.41) is 4.29. The van der Waals surface area contributed by atoms with Crippen LogP contribution in [0.3, 0.4) is 0 Å². The number of nitrogens with zero attached hydrogens (tertiary/aromatic N) is 2. The average Bonchev–Trinajstić information content (AvgIpc) is 2.68. The van der Waals surface area contributed by atoms with Crippen LogP contribution in [0.1, 0.15) is 11.1 Å². The molecule has 3 rings (SSSR count). The van der Waals surface area contributed by atoms with E-state index in [-0.39, 0.29) is 6.54 Å². The van der Waals surface area contributed by atoms with Crippen LogP contribution in [0, 0.1) is 0 Å². The van der Waals surface area contributed by atoms with Gasteiger partial charge in [-0.15, -0.1) is 0 Å². The van der Waals surface area contributed by atoms with Gasteiger partial charge in [-0.3, -0.25) is 4.79 Å². The highest BCUT2D eigenvalue weighted by molar-refractivity contribution is 5.63. The molecule has 8 heteroatoms. The van der Waals surface area contributed by atoms with Gasteiger partial charge in [0.2, 0.25) is 0 Å². The number of hydrogen-bond donors (Lipinski definition) is 0. The SMILES string of the molecule is COc1ccc(-c2ccc(=O)n(Cc3cccc(C(F)(F)F)c3)n2)cc1OC. The monoisotopic (exact) mass is 390 g/mol. The first-order valence-corrected chi connectivity index (χ1v) is 8.28. The number of ether oxygens (including phenoxy) is 2. The van der Waals surface area contributed by atoms with E-state index in [1.807, 2.05) is 0 Å². The number of alkyl halides is 3. The Morgan fingerprint density at radius 3 is 2.39 bits per heavy atom. The molecule has 0 saturated heterocycles. The van der Waals surface area contributed by atoms with Gasteiger partial charge in [-0.1, -0.05) is 12.1 Å². The second kappa shape index (κ2) is 7.75. The molecule has 3 aromatic rings. The third-order valence-electron chi connectivity index (χ3n) is 4.13. The van der Waals surface area contributed by atoms with Crippen molar-refractivity contribution in [2.24, 2.45) is 0 Å². The number of hydrogen-bond acceptors (Lipinski definition) is 4. The van der Waals surface area contributed by atoms with Crippen LogP contribution in [0.5, 0.6) is 11.5 Å². The molecule has 0 amide bonds. The molecule has 1 aromatic heterocycles. The summed E-state index contributed by atoms with van der Waals surface area (Å²) in [6.45, 7) is -0.0795. The molecule has 0 N–H and O–H groups in total. The molecule has 0 aliphatic rings. The summed E-state index contributed by atoms with van der Waals surface area (Å²) in [5.41, 5.74) is 0.299. The van der Waals surface area contributed by atoms with E-state index in [1.165, 1.54) is 32.4 Å². The van der Waals surface area contributed by atoms with E-state index in [1.54, 1.807) is 24.3 Å². The summed E-state index contributed by atoms with van der Waals surface area (Å²) in [6.07, 6.45) is -4.45. The normalized spacial score (nSPS) is 11.3. The van der Waals surface area contributed by atoms with Crippen molar-refractivity contribution in [3.63, 3.8) is 0 Å². The molecule has 0 radical (unpaired) electrons. The Bertz CT molecular complexity index is 1050. The molecule has 1 heterocycles. The van der Waals surface area contributed by atoms with Crippen molar-refractivity contribution in [1.29, 1.82) is 0 Å². The maximum atomic E-state index is 12.9. The van der Waals surface area contributed by atoms with Gasteiger partial charge in [0.1, 0.15) is 0 Å². The minimum atomic E-state index is -4.45. The summed E-state index contributed by atoms with van der Waals surface area (Å²) in [6, 6.07) is 12.9. The standard InChI is InChI=1S/C20H17F3N2O3/c1-27-17-8-6-14(11-18(17)28-2)16-7-9-19(26)25(24-16)12-13-4-3-5-15(10-13)20(21,22)23/h3-11H,12H2,1-2H3. The van der Waals surface area contributed by atoms with Gasteiger partial charge in [-0.05, 0) is 42.0 Å². The molecule has 0 aliphatic carbocycles. The van der Waals surface area contributed by atoms with Gasteiger partial charge in [0, 0.05) is 11.6 Å². The van der Waals surface area contributed by atoms with Crippen molar-refractivity contribution < 1.29 is 22.6 Å². The van der Waals surface area contributed by atoms with E-state index in [4.69, 9.17) is 9.47 Å². The molecule has 0 bridgehead atoms. The van der Waals surface area contributed by atoms with Gasteiger partial charge in [0.25, 0.3) is 5.56 Å². The van der Waals surface area contributed by atoms with Crippen molar-refractivity contribution in [3.05, 3.63) is 76.1 Å². The maximum Gasteiger partial charge on any atom is 0.416 e. The van der Waals surface area contributed by atoms with Gasteiger partial charge >= 0.3 is 6.18 Å². The summed E-state index contributed by atoms with van der Waals surface area (Å²) in [7, 11) is 3.02. The maximum absolute atomic E-state index is 12.9. The second-order valence-electron chi connectivity index (χ2n) is 5.98. The molecule has 28 heavy (non-hydrogen) atoms. The lowest BCUT2D eigenvalue weighted by Gasteiger charge is -2.12. The molecule has 146 valence electrons. The lowest BCUT2D eigenvalue weighted by Crippen LogP contribution is -2.23. The van der Waals surface area contributed by atoms with Gasteiger partial charge in [0.05, 0.1) is 32.0 Å². The smallest absolute Gasteiger partial charge is 0.416 e. The number of benzene rings is 2. The Hall–Kier alpha value is -3.29. The van der Waals surface area contributed by atoms with Gasteiger partial charge < -0.3 is 9.47 Å². The third-order valence-corrected chi connectivity index (χ3v) is 4.13. The zero-order valence-corrected chi connectivity index (χ0v) is 15.2. The number of halogens is 3. The molecule has 0 saturated carbocycles. The van der Waals surface area contributed by atoms with E-state index in [0.717, 1.165) is 16.8 Å². The zero-order valence-electron chi connectivity index (χ0n) is 15.2. The zero-order chi connectivity index (χ0) is 20.3. The minimum absolute atomic E-state index is 0.0795. The largest absolute Gasteiger partial charge is 0.493 e. The third kappa shape index (κ3) is 4.16. The van der Waals surface area contributed by atoms with Crippen molar-refractivity contribution >= 4 is 0 Å². The van der Waals surface area contributed by atoms with Crippen molar-refractivity contribution in [1.82, 2.24) is 9.78 Å². The minimum Gasteiger partial charge on any atom is -0.493 e. The van der Waals surface area contributed by atoms with E-state index < -0.39 is 17.3 Å². The molecule has 0 spiro atoms. The molecular formula is C20H17F3N2O3. The van der Waals surface area contributed by atoms with E-state index in [9.17, 15) is 18.0 Å². The Balaban J connectivity index is 1.96. The van der Waals surface area contributed by atoms with Crippen LogP contribution in [-0.4, -0.2) is 24.0 Å². The molecule has 0 unspecified atom stereocenters. The Kier molecular flexibility index (Phi) is 5.39. The van der Waals surface area contributed by atoms with Crippen LogP contribution in [0.25, 0.3) is 11.3 Å². The molecule has 0 fully saturated rings. The fraction of sp³-hybridized carbons (Fsp3) is 0.200. The summed E-state index contributed by atoms with van der Waals surface area (Å²) in [5.74, 6) is 1.04. The Morgan fingerprint density at radius 1 is 0.964 bits per heavy atom. The quantitative estimate of drug-likeness (QED) is 0.661. The van der Waals surface area contributed by atoms with E-state index >= 15 is 0 Å². The molecule has 0 atom stereocenters. The number of aromatic nitrogens is 2. The van der Waals surface area contributed by atoms with Crippen LogP contribution in [0.4, 0.5) is 13.2 Å². The van der Waals surface area contributed by atoms with Crippen molar-refractivity contribution in [3.8, 4) is 22.8 Å². The number of rotatable bonds is 5. The van der Waals surface area contributed by atoms with Crippen LogP contribution < -0.4 is 15.0 Å². The summed E-state index contributed by atoms with van der Waals surface area (Å²) >= 11 is 0. The van der Waals surface area contributed by atoms with Gasteiger partial charge in [-0.25, -0.2) is 4.68 Å². The van der Waals surface area contributed by atoms with Gasteiger partial charge in [-0.2, -0.15) is 18.3 Å². The fourth-order valence-corrected chi connectivity index (χ4v) is 2.73. The van der Waals surface area contributed by atoms with Gasteiger partial charge in [0.15, 0.2) is 11.5 Å². The first kappa shape index (κ1) is 19.5. The van der Waals surface area contributed by atoms with Crippen LogP contribution >= 0.6 is 0 Å². The highest BCUT2D eigenvalue weighted by atomic mass is 19.4. The fourth-order valence-electron chi connectivity index (χ4n) is 2.73. The average molecular weight is 390 g/mol.